The number of ether oxygens (including phenoxy) is 1. The van der Waals surface area contributed by atoms with Crippen LogP contribution in [0.3, 0.4) is 0 Å². The third-order valence-electron chi connectivity index (χ3n) is 3.45. The highest BCUT2D eigenvalue weighted by Crippen LogP contribution is 2.27. The quantitative estimate of drug-likeness (QED) is 0.774. The molecule has 23 heavy (non-hydrogen) atoms. The lowest BCUT2D eigenvalue weighted by atomic mass is 10.2. The zero-order chi connectivity index (χ0) is 17.4. The van der Waals surface area contributed by atoms with E-state index in [-0.39, 0.29) is 24.5 Å². The highest BCUT2D eigenvalue weighted by atomic mass is 35.5. The van der Waals surface area contributed by atoms with Crippen LogP contribution in [0.4, 0.5) is 0 Å². The SMILES string of the molecule is CCC(C)N(CCNC(=O)COc1ccc(Cl)cc1Cl)C(C)=O. The molecular formula is C16H22Cl2N2O3. The lowest BCUT2D eigenvalue weighted by molar-refractivity contribution is -0.131. The summed E-state index contributed by atoms with van der Waals surface area (Å²) >= 11 is 11.7. The molecule has 1 aromatic carbocycles. The minimum atomic E-state index is -0.274. The Morgan fingerprint density at radius 3 is 2.61 bits per heavy atom. The first-order valence-electron chi connectivity index (χ1n) is 7.46. The number of amides is 2. The largest absolute Gasteiger partial charge is 0.482 e. The fourth-order valence-electron chi connectivity index (χ4n) is 2.01. The second-order valence-corrected chi connectivity index (χ2v) is 6.03. The van der Waals surface area contributed by atoms with Gasteiger partial charge < -0.3 is 15.0 Å². The summed E-state index contributed by atoms with van der Waals surface area (Å²) in [5.74, 6) is 0.123. The van der Waals surface area contributed by atoms with E-state index in [1.165, 1.54) is 6.92 Å². The van der Waals surface area contributed by atoms with Gasteiger partial charge in [0.25, 0.3) is 5.91 Å². The monoisotopic (exact) mass is 360 g/mol. The van der Waals surface area contributed by atoms with E-state index in [0.29, 0.717) is 28.9 Å². The Labute approximate surface area is 146 Å². The molecule has 1 rings (SSSR count). The maximum absolute atomic E-state index is 11.8. The summed E-state index contributed by atoms with van der Waals surface area (Å²) in [6.45, 7) is 6.22. The molecule has 0 bridgehead atoms. The van der Waals surface area contributed by atoms with Crippen molar-refractivity contribution in [2.75, 3.05) is 19.7 Å². The molecule has 0 aromatic heterocycles. The molecule has 0 spiro atoms. The van der Waals surface area contributed by atoms with Crippen molar-refractivity contribution in [1.82, 2.24) is 10.2 Å². The van der Waals surface area contributed by atoms with Gasteiger partial charge in [-0.2, -0.15) is 0 Å². The standard InChI is InChI=1S/C16H22Cl2N2O3/c1-4-11(2)20(12(3)21)8-7-19-16(22)10-23-15-6-5-13(17)9-14(15)18/h5-6,9,11H,4,7-8,10H2,1-3H3,(H,19,22). The van der Waals surface area contributed by atoms with Gasteiger partial charge in [0.15, 0.2) is 6.61 Å². The highest BCUT2D eigenvalue weighted by Gasteiger charge is 2.15. The van der Waals surface area contributed by atoms with Gasteiger partial charge in [0.2, 0.25) is 5.91 Å². The minimum absolute atomic E-state index is 0.00204. The van der Waals surface area contributed by atoms with E-state index in [2.05, 4.69) is 5.32 Å². The second kappa shape index (κ2) is 9.63. The number of halogens is 2. The van der Waals surface area contributed by atoms with Crippen molar-refractivity contribution < 1.29 is 14.3 Å². The molecule has 0 radical (unpaired) electrons. The van der Waals surface area contributed by atoms with Crippen LogP contribution in [0.2, 0.25) is 10.0 Å². The molecule has 0 saturated heterocycles. The molecule has 0 aliphatic heterocycles. The molecule has 0 aliphatic rings. The predicted molar refractivity (Wildman–Crippen MR) is 92.1 cm³/mol. The van der Waals surface area contributed by atoms with E-state index in [0.717, 1.165) is 6.42 Å². The van der Waals surface area contributed by atoms with Crippen molar-refractivity contribution in [1.29, 1.82) is 0 Å². The number of rotatable bonds is 8. The molecule has 7 heteroatoms. The molecule has 0 saturated carbocycles. The molecule has 1 N–H and O–H groups in total. The van der Waals surface area contributed by atoms with E-state index in [9.17, 15) is 9.59 Å². The van der Waals surface area contributed by atoms with Crippen LogP contribution in [0.1, 0.15) is 27.2 Å². The normalized spacial score (nSPS) is 11.7. The molecule has 128 valence electrons. The van der Waals surface area contributed by atoms with Gasteiger partial charge in [0, 0.05) is 31.1 Å². The van der Waals surface area contributed by atoms with Crippen LogP contribution in [-0.2, 0) is 9.59 Å². The summed E-state index contributed by atoms with van der Waals surface area (Å²) in [5, 5.41) is 3.57. The molecule has 1 aromatic rings. The summed E-state index contributed by atoms with van der Waals surface area (Å²) in [7, 11) is 0. The van der Waals surface area contributed by atoms with Crippen molar-refractivity contribution in [3.05, 3.63) is 28.2 Å². The number of carbonyl (C=O) groups is 2. The van der Waals surface area contributed by atoms with Crippen LogP contribution in [0.5, 0.6) is 5.75 Å². The maximum Gasteiger partial charge on any atom is 0.258 e. The first kappa shape index (κ1) is 19.6. The first-order valence-corrected chi connectivity index (χ1v) is 8.22. The van der Waals surface area contributed by atoms with E-state index in [4.69, 9.17) is 27.9 Å². The Morgan fingerprint density at radius 1 is 1.35 bits per heavy atom. The molecule has 5 nitrogen and oxygen atoms in total. The molecule has 1 atom stereocenters. The minimum Gasteiger partial charge on any atom is -0.482 e. The Morgan fingerprint density at radius 2 is 2.04 bits per heavy atom. The lowest BCUT2D eigenvalue weighted by Gasteiger charge is -2.27. The van der Waals surface area contributed by atoms with Gasteiger partial charge in [-0.05, 0) is 31.5 Å². The summed E-state index contributed by atoms with van der Waals surface area (Å²) in [4.78, 5) is 25.1. The number of hydrogen-bond acceptors (Lipinski definition) is 3. The fraction of sp³-hybridized carbons (Fsp3) is 0.500. The van der Waals surface area contributed by atoms with Crippen molar-refractivity contribution in [3.63, 3.8) is 0 Å². The Kier molecular flexibility index (Phi) is 8.20. The molecule has 0 aliphatic carbocycles. The van der Waals surface area contributed by atoms with Crippen LogP contribution in [0.15, 0.2) is 18.2 Å². The number of benzene rings is 1. The Balaban J connectivity index is 2.38. The third-order valence-corrected chi connectivity index (χ3v) is 3.99. The molecule has 0 heterocycles. The van der Waals surface area contributed by atoms with Crippen LogP contribution in [0.25, 0.3) is 0 Å². The van der Waals surface area contributed by atoms with Crippen LogP contribution < -0.4 is 10.1 Å². The lowest BCUT2D eigenvalue weighted by Crippen LogP contribution is -2.43. The van der Waals surface area contributed by atoms with E-state index in [1.807, 2.05) is 13.8 Å². The average molecular weight is 361 g/mol. The summed E-state index contributed by atoms with van der Waals surface area (Å²) in [6, 6.07) is 4.94. The van der Waals surface area contributed by atoms with Crippen molar-refractivity contribution >= 4 is 35.0 Å². The van der Waals surface area contributed by atoms with Gasteiger partial charge in [-0.15, -0.1) is 0 Å². The summed E-state index contributed by atoms with van der Waals surface area (Å²) in [5.41, 5.74) is 0. The number of nitrogens with one attached hydrogen (secondary N) is 1. The van der Waals surface area contributed by atoms with Crippen molar-refractivity contribution in [2.45, 2.75) is 33.2 Å². The predicted octanol–water partition coefficient (Wildman–Crippen LogP) is 3.14. The third kappa shape index (κ3) is 6.67. The maximum atomic E-state index is 11.8. The fourth-order valence-corrected chi connectivity index (χ4v) is 2.47. The number of nitrogens with zero attached hydrogens (tertiary/aromatic N) is 1. The van der Waals surface area contributed by atoms with Crippen LogP contribution in [0, 0.1) is 0 Å². The van der Waals surface area contributed by atoms with Crippen LogP contribution >= 0.6 is 23.2 Å². The highest BCUT2D eigenvalue weighted by molar-refractivity contribution is 6.35. The second-order valence-electron chi connectivity index (χ2n) is 5.18. The van der Waals surface area contributed by atoms with E-state index < -0.39 is 0 Å². The zero-order valence-electron chi connectivity index (χ0n) is 13.6. The average Bonchev–Trinajstić information content (AvgIpc) is 2.49. The molecule has 0 fully saturated rings. The van der Waals surface area contributed by atoms with Crippen LogP contribution in [-0.4, -0.2) is 42.5 Å². The smallest absolute Gasteiger partial charge is 0.258 e. The van der Waals surface area contributed by atoms with Gasteiger partial charge >= 0.3 is 0 Å². The van der Waals surface area contributed by atoms with Gasteiger partial charge in [-0.3, -0.25) is 9.59 Å². The molecule has 1 unspecified atom stereocenters. The van der Waals surface area contributed by atoms with Crippen molar-refractivity contribution in [3.8, 4) is 5.75 Å². The zero-order valence-corrected chi connectivity index (χ0v) is 15.1. The van der Waals surface area contributed by atoms with Crippen molar-refractivity contribution in [2.24, 2.45) is 0 Å². The Bertz CT molecular complexity index is 552. The van der Waals surface area contributed by atoms with E-state index in [1.54, 1.807) is 23.1 Å². The van der Waals surface area contributed by atoms with Gasteiger partial charge in [0.1, 0.15) is 5.75 Å². The van der Waals surface area contributed by atoms with E-state index >= 15 is 0 Å². The summed E-state index contributed by atoms with van der Waals surface area (Å²) < 4.78 is 5.34. The molecular weight excluding hydrogens is 339 g/mol. The topological polar surface area (TPSA) is 58.6 Å². The van der Waals surface area contributed by atoms with Gasteiger partial charge in [0.05, 0.1) is 5.02 Å². The molecule has 2 amide bonds. The van der Waals surface area contributed by atoms with Gasteiger partial charge in [-0.1, -0.05) is 30.1 Å². The number of carbonyl (C=O) groups excluding carboxylic acids is 2. The summed E-state index contributed by atoms with van der Waals surface area (Å²) in [6.07, 6.45) is 0.867. The number of hydrogen-bond donors (Lipinski definition) is 1. The first-order chi connectivity index (χ1) is 10.8. The van der Waals surface area contributed by atoms with Gasteiger partial charge in [-0.25, -0.2) is 0 Å². The Hall–Kier alpha value is -1.46.